The van der Waals surface area contributed by atoms with Gasteiger partial charge in [0.05, 0.1) is 6.61 Å². The van der Waals surface area contributed by atoms with Crippen molar-refractivity contribution in [1.29, 1.82) is 0 Å². The molecule has 3 heteroatoms. The van der Waals surface area contributed by atoms with E-state index in [1.807, 2.05) is 0 Å². The number of rotatable bonds is 7. The van der Waals surface area contributed by atoms with E-state index in [1.54, 1.807) is 0 Å². The van der Waals surface area contributed by atoms with Gasteiger partial charge in [-0.3, -0.25) is 4.79 Å². The number of carbonyl (C=O) groups excluding carboxylic acids is 1. The first-order valence-electron chi connectivity index (χ1n) is 4.71. The number of ether oxygens (including phenoxy) is 2. The van der Waals surface area contributed by atoms with Crippen LogP contribution in [0, 0.1) is 0 Å². The molecule has 0 spiro atoms. The summed E-state index contributed by atoms with van der Waals surface area (Å²) in [5.74, 6) is -0.328. The number of hydrogen-bond donors (Lipinski definition) is 0. The third-order valence-corrected chi connectivity index (χ3v) is 1.50. The van der Waals surface area contributed by atoms with Crippen LogP contribution in [0.4, 0.5) is 0 Å². The van der Waals surface area contributed by atoms with Crippen molar-refractivity contribution in [2.24, 2.45) is 0 Å². The zero-order valence-corrected chi connectivity index (χ0v) is 8.41. The van der Waals surface area contributed by atoms with E-state index in [0.717, 1.165) is 6.42 Å². The summed E-state index contributed by atoms with van der Waals surface area (Å²) in [7, 11) is 0. The van der Waals surface area contributed by atoms with Gasteiger partial charge in [0.25, 0.3) is 0 Å². The molecule has 13 heavy (non-hydrogen) atoms. The summed E-state index contributed by atoms with van der Waals surface area (Å²) in [4.78, 5) is 10.3. The normalized spacial score (nSPS) is 10.3. The van der Waals surface area contributed by atoms with Crippen LogP contribution in [0.2, 0.25) is 0 Å². The van der Waals surface area contributed by atoms with Gasteiger partial charge in [0.15, 0.2) is 0 Å². The summed E-state index contributed by atoms with van der Waals surface area (Å²) in [5, 5.41) is 0. The highest BCUT2D eigenvalue weighted by molar-refractivity contribution is 5.66. The Kier molecular flexibility index (Phi) is 8.41. The lowest BCUT2D eigenvalue weighted by Gasteiger charge is -1.99. The van der Waals surface area contributed by atoms with Crippen LogP contribution in [-0.4, -0.2) is 12.6 Å². The minimum atomic E-state index is -0.328. The number of carbonyl (C=O) groups is 1. The molecule has 0 aromatic heterocycles. The van der Waals surface area contributed by atoms with E-state index < -0.39 is 0 Å². The van der Waals surface area contributed by atoms with Crippen LogP contribution >= 0.6 is 0 Å². The van der Waals surface area contributed by atoms with E-state index in [-0.39, 0.29) is 5.97 Å². The van der Waals surface area contributed by atoms with Crippen LogP contribution in [0.3, 0.4) is 0 Å². The van der Waals surface area contributed by atoms with Gasteiger partial charge in [-0.05, 0) is 6.42 Å². The SMILES string of the molecule is CCCCCCO/C=C\OC(C)=O. The molecule has 0 unspecified atom stereocenters. The van der Waals surface area contributed by atoms with Gasteiger partial charge >= 0.3 is 5.97 Å². The molecule has 0 aromatic rings. The monoisotopic (exact) mass is 186 g/mol. The smallest absolute Gasteiger partial charge is 0.307 e. The second-order valence-electron chi connectivity index (χ2n) is 2.81. The van der Waals surface area contributed by atoms with E-state index >= 15 is 0 Å². The fourth-order valence-corrected chi connectivity index (χ4v) is 0.843. The van der Waals surface area contributed by atoms with Crippen LogP contribution in [0.1, 0.15) is 39.5 Å². The molecule has 0 saturated heterocycles. The highest BCUT2D eigenvalue weighted by Crippen LogP contribution is 1.98. The zero-order chi connectivity index (χ0) is 9.94. The van der Waals surface area contributed by atoms with Gasteiger partial charge < -0.3 is 9.47 Å². The van der Waals surface area contributed by atoms with Gasteiger partial charge in [0, 0.05) is 6.92 Å². The molecule has 0 amide bonds. The Balaban J connectivity index is 3.06. The summed E-state index contributed by atoms with van der Waals surface area (Å²) < 4.78 is 9.60. The molecule has 0 aliphatic heterocycles. The predicted octanol–water partition coefficient (Wildman–Crippen LogP) is 2.62. The molecule has 0 aromatic carbocycles. The van der Waals surface area contributed by atoms with Gasteiger partial charge in [0.2, 0.25) is 0 Å². The van der Waals surface area contributed by atoms with Gasteiger partial charge in [-0.2, -0.15) is 0 Å². The van der Waals surface area contributed by atoms with Crippen molar-refractivity contribution < 1.29 is 14.3 Å². The molecule has 0 N–H and O–H groups in total. The van der Waals surface area contributed by atoms with Gasteiger partial charge in [0.1, 0.15) is 12.5 Å². The van der Waals surface area contributed by atoms with Crippen molar-refractivity contribution in [3.63, 3.8) is 0 Å². The number of esters is 1. The Labute approximate surface area is 79.7 Å². The van der Waals surface area contributed by atoms with Crippen molar-refractivity contribution >= 4 is 5.97 Å². The molecule has 0 heterocycles. The lowest BCUT2D eigenvalue weighted by atomic mass is 10.2. The van der Waals surface area contributed by atoms with Crippen LogP contribution in [0.5, 0.6) is 0 Å². The molecule has 0 saturated carbocycles. The number of unbranched alkanes of at least 4 members (excludes halogenated alkanes) is 3. The highest BCUT2D eigenvalue weighted by atomic mass is 16.5. The molecule has 0 rings (SSSR count). The van der Waals surface area contributed by atoms with E-state index in [4.69, 9.17) is 4.74 Å². The standard InChI is InChI=1S/C10H18O3/c1-3-4-5-6-7-12-8-9-13-10(2)11/h8-9H,3-7H2,1-2H3/b9-8-. The molecule has 0 fully saturated rings. The lowest BCUT2D eigenvalue weighted by molar-refractivity contribution is -0.135. The fourth-order valence-electron chi connectivity index (χ4n) is 0.843. The van der Waals surface area contributed by atoms with Crippen molar-refractivity contribution in [3.05, 3.63) is 12.5 Å². The average Bonchev–Trinajstić information content (AvgIpc) is 2.09. The first kappa shape index (κ1) is 12.0. The quantitative estimate of drug-likeness (QED) is 0.348. The van der Waals surface area contributed by atoms with E-state index in [9.17, 15) is 4.79 Å². The third-order valence-electron chi connectivity index (χ3n) is 1.50. The fraction of sp³-hybridized carbons (Fsp3) is 0.700. The molecule has 0 radical (unpaired) electrons. The molecule has 0 bridgehead atoms. The number of hydrogen-bond acceptors (Lipinski definition) is 3. The molecule has 0 aliphatic rings. The maximum absolute atomic E-state index is 10.3. The Morgan fingerprint density at radius 2 is 2.00 bits per heavy atom. The Hall–Kier alpha value is -0.990. The summed E-state index contributed by atoms with van der Waals surface area (Å²) in [5.41, 5.74) is 0. The minimum Gasteiger partial charge on any atom is -0.498 e. The van der Waals surface area contributed by atoms with Crippen LogP contribution in [0.25, 0.3) is 0 Å². The molecular formula is C10H18O3. The zero-order valence-electron chi connectivity index (χ0n) is 8.41. The topological polar surface area (TPSA) is 35.5 Å². The summed E-state index contributed by atoms with van der Waals surface area (Å²) >= 11 is 0. The summed E-state index contributed by atoms with van der Waals surface area (Å²) in [6.45, 7) is 4.21. The minimum absolute atomic E-state index is 0.328. The Bertz CT molecular complexity index is 152. The van der Waals surface area contributed by atoms with Crippen molar-refractivity contribution in [3.8, 4) is 0 Å². The second kappa shape index (κ2) is 9.10. The molecular weight excluding hydrogens is 168 g/mol. The largest absolute Gasteiger partial charge is 0.498 e. The molecule has 0 aliphatic carbocycles. The van der Waals surface area contributed by atoms with E-state index in [0.29, 0.717) is 6.61 Å². The lowest BCUT2D eigenvalue weighted by Crippen LogP contribution is -1.91. The summed E-state index contributed by atoms with van der Waals surface area (Å²) in [6, 6.07) is 0. The maximum Gasteiger partial charge on any atom is 0.307 e. The Morgan fingerprint density at radius 1 is 1.23 bits per heavy atom. The van der Waals surface area contributed by atoms with Crippen LogP contribution < -0.4 is 0 Å². The molecule has 0 atom stereocenters. The van der Waals surface area contributed by atoms with Crippen molar-refractivity contribution in [1.82, 2.24) is 0 Å². The summed E-state index contributed by atoms with van der Waals surface area (Å²) in [6.07, 6.45) is 7.39. The maximum atomic E-state index is 10.3. The second-order valence-corrected chi connectivity index (χ2v) is 2.81. The first-order valence-corrected chi connectivity index (χ1v) is 4.71. The molecule has 76 valence electrons. The van der Waals surface area contributed by atoms with E-state index in [1.165, 1.54) is 38.7 Å². The first-order chi connectivity index (χ1) is 6.27. The molecule has 3 nitrogen and oxygen atoms in total. The Morgan fingerprint density at radius 3 is 2.62 bits per heavy atom. The van der Waals surface area contributed by atoms with Crippen molar-refractivity contribution in [2.75, 3.05) is 6.61 Å². The van der Waals surface area contributed by atoms with E-state index in [2.05, 4.69) is 11.7 Å². The van der Waals surface area contributed by atoms with Gasteiger partial charge in [-0.1, -0.05) is 26.2 Å². The van der Waals surface area contributed by atoms with Crippen LogP contribution in [-0.2, 0) is 14.3 Å². The van der Waals surface area contributed by atoms with Gasteiger partial charge in [-0.25, -0.2) is 0 Å². The predicted molar refractivity (Wildman–Crippen MR) is 51.0 cm³/mol. The highest BCUT2D eigenvalue weighted by Gasteiger charge is 1.87. The third kappa shape index (κ3) is 11.0. The van der Waals surface area contributed by atoms with Gasteiger partial charge in [-0.15, -0.1) is 0 Å². The van der Waals surface area contributed by atoms with Crippen molar-refractivity contribution in [2.45, 2.75) is 39.5 Å². The average molecular weight is 186 g/mol. The van der Waals surface area contributed by atoms with Crippen LogP contribution in [0.15, 0.2) is 12.5 Å².